The molecule has 10 heteroatoms. The van der Waals surface area contributed by atoms with Crippen molar-refractivity contribution >= 4 is 48.1 Å². The number of carbonyl (C=O) groups excluding carboxylic acids is 2. The van der Waals surface area contributed by atoms with Gasteiger partial charge in [0.25, 0.3) is 5.91 Å². The lowest BCUT2D eigenvalue weighted by Gasteiger charge is -2.29. The van der Waals surface area contributed by atoms with Gasteiger partial charge in [-0.05, 0) is 31.0 Å². The Bertz CT molecular complexity index is 671. The van der Waals surface area contributed by atoms with Crippen molar-refractivity contribution in [2.75, 3.05) is 50.2 Å². The number of methoxy groups -OCH3 is 1. The largest absolute Gasteiger partial charge is 0.465 e. The van der Waals surface area contributed by atoms with E-state index in [9.17, 15) is 9.59 Å². The smallest absolute Gasteiger partial charge is 0.340 e. The molecule has 1 aromatic rings. The number of rotatable bonds is 5. The van der Waals surface area contributed by atoms with E-state index < -0.39 is 12.1 Å². The highest BCUT2D eigenvalue weighted by molar-refractivity contribution is 6.03. The highest BCUT2D eigenvalue weighted by Gasteiger charge is 2.30. The number of halogens is 2. The summed E-state index contributed by atoms with van der Waals surface area (Å²) >= 11 is 0. The van der Waals surface area contributed by atoms with Gasteiger partial charge in [-0.3, -0.25) is 4.79 Å². The number of carbonyl (C=O) groups is 2. The second-order valence-corrected chi connectivity index (χ2v) is 6.37. The normalized spacial score (nSPS) is 21.3. The number of benzene rings is 1. The summed E-state index contributed by atoms with van der Waals surface area (Å²) in [5.41, 5.74) is 7.22. The van der Waals surface area contributed by atoms with Crippen molar-refractivity contribution in [3.63, 3.8) is 0 Å². The first-order chi connectivity index (χ1) is 12.6. The maximum atomic E-state index is 12.5. The molecular weight excluding hydrogens is 409 g/mol. The highest BCUT2D eigenvalue weighted by atomic mass is 35.5. The summed E-state index contributed by atoms with van der Waals surface area (Å²) in [5.74, 6) is -0.771. The number of ether oxygens (including phenoxy) is 3. The van der Waals surface area contributed by atoms with Gasteiger partial charge in [-0.1, -0.05) is 0 Å². The van der Waals surface area contributed by atoms with Crippen LogP contribution in [0.1, 0.15) is 23.2 Å². The third-order valence-electron chi connectivity index (χ3n) is 4.71. The van der Waals surface area contributed by atoms with Gasteiger partial charge in [0.2, 0.25) is 0 Å². The molecule has 1 amide bonds. The topological polar surface area (TPSA) is 103 Å². The molecule has 28 heavy (non-hydrogen) atoms. The fourth-order valence-corrected chi connectivity index (χ4v) is 3.22. The number of hydrogen-bond donors (Lipinski definition) is 2. The van der Waals surface area contributed by atoms with Crippen molar-refractivity contribution in [3.05, 3.63) is 23.8 Å². The van der Waals surface area contributed by atoms with Gasteiger partial charge in [0, 0.05) is 25.3 Å². The molecule has 3 N–H and O–H groups in total. The zero-order valence-electron chi connectivity index (χ0n) is 15.7. The molecule has 158 valence electrons. The standard InChI is InChI=1S/C18H25N3O5.2ClH/c1-24-18(23)14-10-12(21-6-8-25-9-7-21)2-4-15(14)20-17(22)16-5-3-13(11-19)26-16;;/h2,4,10,13,16H,3,5-9,11,19H2,1H3,(H,20,22);2*1H/t13-,16+;;/m1../s1. The molecule has 2 saturated heterocycles. The Morgan fingerprint density at radius 1 is 1.25 bits per heavy atom. The Balaban J connectivity index is 0.00000196. The van der Waals surface area contributed by atoms with E-state index in [1.54, 1.807) is 12.1 Å². The molecule has 2 atom stereocenters. The van der Waals surface area contributed by atoms with Crippen LogP contribution in [0.3, 0.4) is 0 Å². The summed E-state index contributed by atoms with van der Waals surface area (Å²) in [6.45, 7) is 3.19. The Hall–Kier alpha value is -1.58. The first-order valence-corrected chi connectivity index (χ1v) is 8.84. The zero-order chi connectivity index (χ0) is 18.5. The number of nitrogens with two attached hydrogens (primary N) is 1. The number of anilines is 2. The SMILES string of the molecule is COC(=O)c1cc(N2CCOCC2)ccc1NC(=O)[C@@H]1CC[C@H](CN)O1.Cl.Cl. The molecule has 3 rings (SSSR count). The Morgan fingerprint density at radius 2 is 1.96 bits per heavy atom. The molecule has 8 nitrogen and oxygen atoms in total. The number of esters is 1. The van der Waals surface area contributed by atoms with Gasteiger partial charge < -0.3 is 30.2 Å². The molecule has 0 spiro atoms. The highest BCUT2D eigenvalue weighted by Crippen LogP contribution is 2.26. The van der Waals surface area contributed by atoms with Gasteiger partial charge in [0.05, 0.1) is 37.7 Å². The van der Waals surface area contributed by atoms with Crippen LogP contribution in [0.4, 0.5) is 11.4 Å². The average Bonchev–Trinajstić information content (AvgIpc) is 3.18. The van der Waals surface area contributed by atoms with E-state index >= 15 is 0 Å². The molecule has 2 heterocycles. The van der Waals surface area contributed by atoms with Crippen molar-refractivity contribution in [2.45, 2.75) is 25.0 Å². The van der Waals surface area contributed by atoms with Crippen LogP contribution in [-0.2, 0) is 19.0 Å². The molecule has 0 aromatic heterocycles. The van der Waals surface area contributed by atoms with Crippen molar-refractivity contribution in [1.82, 2.24) is 0 Å². The predicted molar refractivity (Wildman–Crippen MR) is 111 cm³/mol. The summed E-state index contributed by atoms with van der Waals surface area (Å²) in [6, 6.07) is 5.35. The quantitative estimate of drug-likeness (QED) is 0.676. The number of amides is 1. The van der Waals surface area contributed by atoms with Gasteiger partial charge in [-0.2, -0.15) is 0 Å². The summed E-state index contributed by atoms with van der Waals surface area (Å²) < 4.78 is 15.9. The molecule has 0 unspecified atom stereocenters. The van der Waals surface area contributed by atoms with Gasteiger partial charge in [-0.25, -0.2) is 4.79 Å². The Morgan fingerprint density at radius 3 is 2.57 bits per heavy atom. The molecule has 0 bridgehead atoms. The van der Waals surface area contributed by atoms with E-state index in [0.717, 1.165) is 25.2 Å². The fourth-order valence-electron chi connectivity index (χ4n) is 3.22. The van der Waals surface area contributed by atoms with Crippen LogP contribution in [0.2, 0.25) is 0 Å². The van der Waals surface area contributed by atoms with Crippen LogP contribution >= 0.6 is 24.8 Å². The molecule has 0 aliphatic carbocycles. The van der Waals surface area contributed by atoms with Crippen molar-refractivity contribution in [1.29, 1.82) is 0 Å². The van der Waals surface area contributed by atoms with Crippen molar-refractivity contribution in [3.8, 4) is 0 Å². The van der Waals surface area contributed by atoms with Crippen molar-refractivity contribution in [2.24, 2.45) is 5.73 Å². The molecular formula is C18H27Cl2N3O5. The number of nitrogens with zero attached hydrogens (tertiary/aromatic N) is 1. The van der Waals surface area contributed by atoms with E-state index in [2.05, 4.69) is 10.2 Å². The second kappa shape index (κ2) is 11.4. The summed E-state index contributed by atoms with van der Waals surface area (Å²) in [7, 11) is 1.32. The third-order valence-corrected chi connectivity index (χ3v) is 4.71. The first-order valence-electron chi connectivity index (χ1n) is 8.84. The van der Waals surface area contributed by atoms with Crippen LogP contribution < -0.4 is 16.0 Å². The van der Waals surface area contributed by atoms with E-state index in [-0.39, 0.29) is 36.8 Å². The van der Waals surface area contributed by atoms with E-state index in [4.69, 9.17) is 19.9 Å². The monoisotopic (exact) mass is 435 g/mol. The van der Waals surface area contributed by atoms with Gasteiger partial charge >= 0.3 is 5.97 Å². The van der Waals surface area contributed by atoms with Gasteiger partial charge in [0.15, 0.2) is 0 Å². The van der Waals surface area contributed by atoms with Gasteiger partial charge in [0.1, 0.15) is 6.10 Å². The fraction of sp³-hybridized carbons (Fsp3) is 0.556. The molecule has 1 aromatic carbocycles. The molecule has 0 saturated carbocycles. The van der Waals surface area contributed by atoms with E-state index in [0.29, 0.717) is 37.4 Å². The summed E-state index contributed by atoms with van der Waals surface area (Å²) in [6.07, 6.45) is 0.740. The van der Waals surface area contributed by atoms with Crippen LogP contribution in [0.15, 0.2) is 18.2 Å². The number of morpholine rings is 1. The molecule has 2 aliphatic rings. The molecule has 2 aliphatic heterocycles. The Kier molecular flexibility index (Phi) is 9.98. The summed E-state index contributed by atoms with van der Waals surface area (Å²) in [4.78, 5) is 26.8. The van der Waals surface area contributed by atoms with E-state index in [1.165, 1.54) is 7.11 Å². The number of nitrogens with one attached hydrogen (secondary N) is 1. The minimum absolute atomic E-state index is 0. The van der Waals surface area contributed by atoms with E-state index in [1.807, 2.05) is 6.07 Å². The zero-order valence-corrected chi connectivity index (χ0v) is 17.4. The lowest BCUT2D eigenvalue weighted by molar-refractivity contribution is -0.126. The van der Waals surface area contributed by atoms with Gasteiger partial charge in [-0.15, -0.1) is 24.8 Å². The van der Waals surface area contributed by atoms with Crippen LogP contribution in [0, 0.1) is 0 Å². The Labute approximate surface area is 176 Å². The van der Waals surface area contributed by atoms with Crippen LogP contribution in [-0.4, -0.2) is 64.0 Å². The predicted octanol–water partition coefficient (Wildman–Crippen LogP) is 1.60. The first kappa shape index (κ1) is 24.5. The maximum absolute atomic E-state index is 12.5. The third kappa shape index (κ3) is 5.71. The second-order valence-electron chi connectivity index (χ2n) is 6.37. The number of hydrogen-bond acceptors (Lipinski definition) is 7. The van der Waals surface area contributed by atoms with Crippen LogP contribution in [0.5, 0.6) is 0 Å². The molecule has 0 radical (unpaired) electrons. The van der Waals surface area contributed by atoms with Crippen molar-refractivity contribution < 1.29 is 23.8 Å². The average molecular weight is 436 g/mol. The van der Waals surface area contributed by atoms with Crippen LogP contribution in [0.25, 0.3) is 0 Å². The maximum Gasteiger partial charge on any atom is 0.340 e. The molecule has 2 fully saturated rings. The lowest BCUT2D eigenvalue weighted by Crippen LogP contribution is -2.36. The minimum atomic E-state index is -0.548. The lowest BCUT2D eigenvalue weighted by atomic mass is 10.1. The summed E-state index contributed by atoms with van der Waals surface area (Å²) in [5, 5.41) is 2.79. The minimum Gasteiger partial charge on any atom is -0.465 e.